The largest absolute Gasteiger partial charge is 0.481 e. The molecule has 0 aromatic heterocycles. The maximum Gasteiger partial charge on any atom is 0.307 e. The number of hydrogen-bond donors (Lipinski definition) is 2. The van der Waals surface area contributed by atoms with E-state index in [2.05, 4.69) is 21.2 Å². The van der Waals surface area contributed by atoms with Crippen molar-refractivity contribution in [2.24, 2.45) is 0 Å². The van der Waals surface area contributed by atoms with Gasteiger partial charge in [0, 0.05) is 16.7 Å². The Morgan fingerprint density at radius 1 is 1.05 bits per heavy atom. The molecule has 0 radical (unpaired) electrons. The summed E-state index contributed by atoms with van der Waals surface area (Å²) >= 11 is 3.39. The summed E-state index contributed by atoms with van der Waals surface area (Å²) in [6, 6.07) is 15.5. The Morgan fingerprint density at radius 2 is 1.68 bits per heavy atom. The fourth-order valence-corrected chi connectivity index (χ4v) is 2.09. The number of aliphatic carboxylic acids is 1. The van der Waals surface area contributed by atoms with E-state index in [1.807, 2.05) is 48.5 Å². The molecule has 98 valence electrons. The van der Waals surface area contributed by atoms with Crippen molar-refractivity contribution in [3.05, 3.63) is 64.1 Å². The van der Waals surface area contributed by atoms with Crippen LogP contribution in [0.25, 0.3) is 0 Å². The topological polar surface area (TPSA) is 49.3 Å². The average molecular weight is 320 g/mol. The zero-order valence-corrected chi connectivity index (χ0v) is 11.9. The maximum atomic E-state index is 10.8. The van der Waals surface area contributed by atoms with Gasteiger partial charge in [-0.05, 0) is 35.4 Å². The summed E-state index contributed by atoms with van der Waals surface area (Å²) in [5.41, 5.74) is 2.86. The number of halogens is 1. The molecule has 0 saturated carbocycles. The Labute approximate surface area is 120 Å². The first-order valence-electron chi connectivity index (χ1n) is 5.93. The Hall–Kier alpha value is -1.81. The van der Waals surface area contributed by atoms with Gasteiger partial charge in [0.05, 0.1) is 6.42 Å². The van der Waals surface area contributed by atoms with Crippen molar-refractivity contribution in [3.63, 3.8) is 0 Å². The molecule has 0 atom stereocenters. The zero-order valence-electron chi connectivity index (χ0n) is 10.3. The number of benzene rings is 2. The first-order chi connectivity index (χ1) is 9.15. The van der Waals surface area contributed by atoms with E-state index in [0.717, 1.165) is 21.3 Å². The van der Waals surface area contributed by atoms with E-state index in [1.165, 1.54) is 0 Å². The molecule has 2 aromatic rings. The van der Waals surface area contributed by atoms with Crippen LogP contribution in [-0.4, -0.2) is 11.1 Å². The molecule has 0 aliphatic heterocycles. The number of nitrogens with one attached hydrogen (secondary N) is 1. The summed E-state index contributed by atoms with van der Waals surface area (Å²) in [6.45, 7) is 0.616. The molecule has 2 N–H and O–H groups in total. The molecule has 2 aromatic carbocycles. The smallest absolute Gasteiger partial charge is 0.307 e. The number of hydrogen-bond acceptors (Lipinski definition) is 2. The summed E-state index contributed by atoms with van der Waals surface area (Å²) in [5.74, 6) is -0.809. The van der Waals surface area contributed by atoms with Gasteiger partial charge in [-0.1, -0.05) is 40.2 Å². The minimum absolute atomic E-state index is 0.0538. The molecule has 0 aliphatic carbocycles. The molecule has 0 bridgehead atoms. The van der Waals surface area contributed by atoms with Gasteiger partial charge in [0.15, 0.2) is 0 Å². The van der Waals surface area contributed by atoms with Crippen LogP contribution in [0.3, 0.4) is 0 Å². The van der Waals surface area contributed by atoms with Gasteiger partial charge in [-0.15, -0.1) is 0 Å². The monoisotopic (exact) mass is 319 g/mol. The highest BCUT2D eigenvalue weighted by Crippen LogP contribution is 2.16. The molecule has 0 saturated heterocycles. The van der Waals surface area contributed by atoms with Crippen LogP contribution < -0.4 is 5.32 Å². The van der Waals surface area contributed by atoms with E-state index in [4.69, 9.17) is 5.11 Å². The summed E-state index contributed by atoms with van der Waals surface area (Å²) in [7, 11) is 0. The van der Waals surface area contributed by atoms with Crippen molar-refractivity contribution >= 4 is 27.6 Å². The molecular weight excluding hydrogens is 306 g/mol. The third-order valence-corrected chi connectivity index (χ3v) is 3.32. The number of carboxylic acids is 1. The van der Waals surface area contributed by atoms with Gasteiger partial charge in [-0.3, -0.25) is 4.79 Å². The lowest BCUT2D eigenvalue weighted by Gasteiger charge is -2.10. The highest BCUT2D eigenvalue weighted by Gasteiger charge is 2.05. The van der Waals surface area contributed by atoms with E-state index < -0.39 is 5.97 Å². The minimum Gasteiger partial charge on any atom is -0.481 e. The normalized spacial score (nSPS) is 10.2. The van der Waals surface area contributed by atoms with Crippen LogP contribution in [0.1, 0.15) is 11.1 Å². The first kappa shape index (κ1) is 13.6. The Kier molecular flexibility index (Phi) is 4.58. The van der Waals surface area contributed by atoms with Crippen molar-refractivity contribution in [2.75, 3.05) is 5.32 Å². The van der Waals surface area contributed by atoms with E-state index in [-0.39, 0.29) is 6.42 Å². The highest BCUT2D eigenvalue weighted by molar-refractivity contribution is 9.10. The van der Waals surface area contributed by atoms with Crippen LogP contribution in [0, 0.1) is 0 Å². The quantitative estimate of drug-likeness (QED) is 0.883. The second-order valence-corrected chi connectivity index (χ2v) is 5.12. The van der Waals surface area contributed by atoms with Crippen molar-refractivity contribution in [1.82, 2.24) is 0 Å². The molecular formula is C15H14BrNO2. The van der Waals surface area contributed by atoms with Gasteiger partial charge in [0.25, 0.3) is 0 Å². The molecule has 19 heavy (non-hydrogen) atoms. The third kappa shape index (κ3) is 4.10. The van der Waals surface area contributed by atoms with Gasteiger partial charge in [-0.2, -0.15) is 0 Å². The van der Waals surface area contributed by atoms with E-state index in [1.54, 1.807) is 0 Å². The molecule has 2 rings (SSSR count). The van der Waals surface area contributed by atoms with Gasteiger partial charge >= 0.3 is 5.97 Å². The lowest BCUT2D eigenvalue weighted by molar-refractivity contribution is -0.136. The molecule has 4 heteroatoms. The van der Waals surface area contributed by atoms with Crippen LogP contribution in [0.2, 0.25) is 0 Å². The number of rotatable bonds is 5. The lowest BCUT2D eigenvalue weighted by atomic mass is 10.0. The molecule has 0 fully saturated rings. The maximum absolute atomic E-state index is 10.8. The second-order valence-electron chi connectivity index (χ2n) is 4.20. The Bertz CT molecular complexity index is 567. The van der Waals surface area contributed by atoms with Crippen molar-refractivity contribution in [3.8, 4) is 0 Å². The third-order valence-electron chi connectivity index (χ3n) is 2.79. The van der Waals surface area contributed by atoms with Crippen molar-refractivity contribution in [1.29, 1.82) is 0 Å². The van der Waals surface area contributed by atoms with Crippen LogP contribution in [0.5, 0.6) is 0 Å². The Morgan fingerprint density at radius 3 is 2.32 bits per heavy atom. The summed E-state index contributed by atoms with van der Waals surface area (Å²) in [4.78, 5) is 10.8. The van der Waals surface area contributed by atoms with E-state index in [0.29, 0.717) is 6.54 Å². The molecule has 0 aliphatic rings. The molecule has 0 amide bonds. The first-order valence-corrected chi connectivity index (χ1v) is 6.72. The molecule has 3 nitrogen and oxygen atoms in total. The van der Waals surface area contributed by atoms with Crippen LogP contribution >= 0.6 is 15.9 Å². The predicted molar refractivity (Wildman–Crippen MR) is 79.3 cm³/mol. The summed E-state index contributed by atoms with van der Waals surface area (Å²) in [6.07, 6.45) is 0.0538. The van der Waals surface area contributed by atoms with Crippen molar-refractivity contribution in [2.45, 2.75) is 13.0 Å². The second kappa shape index (κ2) is 6.38. The zero-order chi connectivity index (χ0) is 13.7. The summed E-state index contributed by atoms with van der Waals surface area (Å²) < 4.78 is 1.03. The lowest BCUT2D eigenvalue weighted by Crippen LogP contribution is -2.07. The summed E-state index contributed by atoms with van der Waals surface area (Å²) in [5, 5.41) is 12.2. The van der Waals surface area contributed by atoms with E-state index >= 15 is 0 Å². The standard InChI is InChI=1S/C15H14BrNO2/c16-13-5-7-14(8-6-13)17-10-12-4-2-1-3-11(12)9-15(18)19/h1-8,17H,9-10H2,(H,18,19). The average Bonchev–Trinajstić information content (AvgIpc) is 2.39. The number of carbonyl (C=O) groups is 1. The van der Waals surface area contributed by atoms with Crippen LogP contribution in [-0.2, 0) is 17.8 Å². The fourth-order valence-electron chi connectivity index (χ4n) is 1.83. The fraction of sp³-hybridized carbons (Fsp3) is 0.133. The van der Waals surface area contributed by atoms with E-state index in [9.17, 15) is 4.79 Å². The Balaban J connectivity index is 2.06. The minimum atomic E-state index is -0.809. The van der Waals surface area contributed by atoms with Crippen molar-refractivity contribution < 1.29 is 9.90 Å². The number of carboxylic acid groups (broad SMARTS) is 1. The van der Waals surface area contributed by atoms with Gasteiger partial charge in [0.2, 0.25) is 0 Å². The molecule has 0 heterocycles. The molecule has 0 spiro atoms. The van der Waals surface area contributed by atoms with Gasteiger partial charge < -0.3 is 10.4 Å². The van der Waals surface area contributed by atoms with Gasteiger partial charge in [-0.25, -0.2) is 0 Å². The molecule has 0 unspecified atom stereocenters. The predicted octanol–water partition coefficient (Wildman–Crippen LogP) is 3.69. The van der Waals surface area contributed by atoms with Gasteiger partial charge in [0.1, 0.15) is 0 Å². The number of anilines is 1. The highest BCUT2D eigenvalue weighted by atomic mass is 79.9. The van der Waals surface area contributed by atoms with Crippen LogP contribution in [0.4, 0.5) is 5.69 Å². The van der Waals surface area contributed by atoms with Crippen LogP contribution in [0.15, 0.2) is 53.0 Å². The SMILES string of the molecule is O=C(O)Cc1ccccc1CNc1ccc(Br)cc1.